The molecule has 0 heterocycles. The second kappa shape index (κ2) is 7.84. The van der Waals surface area contributed by atoms with Gasteiger partial charge in [0.1, 0.15) is 0 Å². The molecule has 0 spiro atoms. The van der Waals surface area contributed by atoms with Crippen LogP contribution in [0.5, 0.6) is 0 Å². The van der Waals surface area contributed by atoms with Crippen LogP contribution in [0.25, 0.3) is 0 Å². The van der Waals surface area contributed by atoms with E-state index in [4.69, 9.17) is 0 Å². The zero-order valence-electron chi connectivity index (χ0n) is 10.5. The van der Waals surface area contributed by atoms with Crippen LogP contribution in [0, 0.1) is 0 Å². The van der Waals surface area contributed by atoms with E-state index in [1.54, 1.807) is 8.17 Å². The Hall–Kier alpha value is -0.391. The first-order valence-electron chi connectivity index (χ1n) is 6.73. The van der Waals surface area contributed by atoms with Crippen LogP contribution < -0.4 is 0 Å². The van der Waals surface area contributed by atoms with Crippen molar-refractivity contribution in [1.82, 2.24) is 0 Å². The van der Waals surface area contributed by atoms with E-state index in [1.165, 1.54) is 51.4 Å². The molecule has 0 amide bonds. The van der Waals surface area contributed by atoms with Crippen molar-refractivity contribution in [2.24, 2.45) is 0 Å². The summed E-state index contributed by atoms with van der Waals surface area (Å²) in [4.78, 5) is 0. The predicted octanol–water partition coefficient (Wildman–Crippen LogP) is 5.10. The van der Waals surface area contributed by atoms with E-state index in [-0.39, 0.29) is 17.7 Å². The summed E-state index contributed by atoms with van der Waals surface area (Å²) < 4.78 is 3.59. The summed E-state index contributed by atoms with van der Waals surface area (Å²) in [6.07, 6.45) is 24.7. The molecule has 0 saturated heterocycles. The maximum absolute atomic E-state index is 2.54. The fraction of sp³-hybridized carbons (Fsp3) is 0.500. The Bertz CT molecular complexity index is 311. The van der Waals surface area contributed by atoms with E-state index >= 15 is 0 Å². The van der Waals surface area contributed by atoms with Crippen LogP contribution in [0.15, 0.2) is 44.6 Å². The topological polar surface area (TPSA) is 0 Å². The third kappa shape index (κ3) is 5.19. The molecule has 2 aliphatic rings. The van der Waals surface area contributed by atoms with Gasteiger partial charge >= 0.3 is 114 Å². The molecular weight excluding hydrogens is 384 g/mol. The standard InChI is InChI=1S/2C8H11.Ir/c2*1-2-4-6-8-7-5-3-1;/h2*1-2,7H,3-6H2;. The van der Waals surface area contributed by atoms with Gasteiger partial charge in [0.2, 0.25) is 0 Å². The van der Waals surface area contributed by atoms with Crippen molar-refractivity contribution in [2.75, 3.05) is 0 Å². The molecule has 0 fully saturated rings. The molecule has 0 unspecified atom stereocenters. The summed E-state index contributed by atoms with van der Waals surface area (Å²) in [5.41, 5.74) is 0. The van der Waals surface area contributed by atoms with Gasteiger partial charge in [0.15, 0.2) is 0 Å². The fourth-order valence-corrected chi connectivity index (χ4v) is 5.51. The molecule has 2 aliphatic carbocycles. The van der Waals surface area contributed by atoms with Gasteiger partial charge in [-0.3, -0.25) is 0 Å². The second-order valence-electron chi connectivity index (χ2n) is 4.50. The van der Waals surface area contributed by atoms with Crippen LogP contribution in [0.2, 0.25) is 0 Å². The first-order valence-corrected chi connectivity index (χ1v) is 9.13. The van der Waals surface area contributed by atoms with E-state index in [2.05, 4.69) is 36.5 Å². The molecule has 1 heteroatoms. The Morgan fingerprint density at radius 2 is 1.06 bits per heavy atom. The van der Waals surface area contributed by atoms with E-state index < -0.39 is 0 Å². The minimum absolute atomic E-state index is 0.0328. The number of rotatable bonds is 2. The summed E-state index contributed by atoms with van der Waals surface area (Å²) in [6.45, 7) is 0. The molecule has 0 nitrogen and oxygen atoms in total. The van der Waals surface area contributed by atoms with E-state index in [0.717, 1.165) is 0 Å². The summed E-state index contributed by atoms with van der Waals surface area (Å²) in [7, 11) is 0. The van der Waals surface area contributed by atoms with Crippen LogP contribution >= 0.6 is 0 Å². The molecule has 0 aromatic rings. The van der Waals surface area contributed by atoms with Gasteiger partial charge in [-0.1, -0.05) is 0 Å². The van der Waals surface area contributed by atoms with Crippen LogP contribution in [-0.4, -0.2) is 0 Å². The molecular formula is C16H22Ir. The Kier molecular flexibility index (Phi) is 6.02. The molecule has 95 valence electrons. The molecule has 0 aromatic heterocycles. The molecule has 0 atom stereocenters. The van der Waals surface area contributed by atoms with Gasteiger partial charge < -0.3 is 0 Å². The molecule has 0 saturated carbocycles. The average molecular weight is 407 g/mol. The SMILES string of the molecule is C1=CCC[C]([Ir][C]2=CCCC=CCC2)=CCC1. The molecule has 2 rings (SSSR count). The van der Waals surface area contributed by atoms with Crippen molar-refractivity contribution in [3.63, 3.8) is 0 Å². The number of hydrogen-bond donors (Lipinski definition) is 0. The van der Waals surface area contributed by atoms with Crippen molar-refractivity contribution >= 4 is 0 Å². The third-order valence-corrected chi connectivity index (χ3v) is 6.72. The Morgan fingerprint density at radius 3 is 1.59 bits per heavy atom. The normalized spacial score (nSPS) is 22.1. The molecule has 0 aliphatic heterocycles. The van der Waals surface area contributed by atoms with Crippen molar-refractivity contribution in [2.45, 2.75) is 51.4 Å². The van der Waals surface area contributed by atoms with Crippen molar-refractivity contribution in [3.05, 3.63) is 44.6 Å². The molecule has 0 radical (unpaired) electrons. The average Bonchev–Trinajstić information content (AvgIpc) is 2.24. The zero-order valence-corrected chi connectivity index (χ0v) is 12.8. The Labute approximate surface area is 114 Å². The molecule has 17 heavy (non-hydrogen) atoms. The fourth-order valence-electron chi connectivity index (χ4n) is 2.05. The van der Waals surface area contributed by atoms with Crippen molar-refractivity contribution < 1.29 is 17.7 Å². The summed E-state index contributed by atoms with van der Waals surface area (Å²) in [6, 6.07) is 0. The third-order valence-electron chi connectivity index (χ3n) is 3.00. The van der Waals surface area contributed by atoms with Gasteiger partial charge in [0, 0.05) is 0 Å². The summed E-state index contributed by atoms with van der Waals surface area (Å²) >= 11 is 0.0328. The maximum atomic E-state index is 2.54. The van der Waals surface area contributed by atoms with E-state index in [0.29, 0.717) is 0 Å². The van der Waals surface area contributed by atoms with Gasteiger partial charge in [-0.15, -0.1) is 0 Å². The molecule has 0 aromatic carbocycles. The second-order valence-corrected chi connectivity index (χ2v) is 8.18. The van der Waals surface area contributed by atoms with Gasteiger partial charge in [-0.05, 0) is 0 Å². The van der Waals surface area contributed by atoms with Gasteiger partial charge in [-0.2, -0.15) is 0 Å². The van der Waals surface area contributed by atoms with Crippen molar-refractivity contribution in [1.29, 1.82) is 0 Å². The molecule has 0 bridgehead atoms. The first kappa shape index (κ1) is 13.1. The summed E-state index contributed by atoms with van der Waals surface area (Å²) in [5, 5.41) is 0. The predicted molar refractivity (Wildman–Crippen MR) is 71.4 cm³/mol. The minimum atomic E-state index is 0.0328. The van der Waals surface area contributed by atoms with Crippen LogP contribution in [-0.2, 0) is 17.7 Å². The van der Waals surface area contributed by atoms with Gasteiger partial charge in [0.25, 0.3) is 0 Å². The number of allylic oxidation sites excluding steroid dienone is 8. The summed E-state index contributed by atoms with van der Waals surface area (Å²) in [5.74, 6) is 0. The van der Waals surface area contributed by atoms with E-state index in [1.807, 2.05) is 0 Å². The Morgan fingerprint density at radius 1 is 0.588 bits per heavy atom. The first-order chi connectivity index (χ1) is 8.45. The Balaban J connectivity index is 1.89. The van der Waals surface area contributed by atoms with Crippen molar-refractivity contribution in [3.8, 4) is 0 Å². The zero-order chi connectivity index (χ0) is 11.8. The van der Waals surface area contributed by atoms with Gasteiger partial charge in [-0.25, -0.2) is 0 Å². The van der Waals surface area contributed by atoms with Crippen LogP contribution in [0.3, 0.4) is 0 Å². The van der Waals surface area contributed by atoms with E-state index in [9.17, 15) is 0 Å². The number of hydrogen-bond acceptors (Lipinski definition) is 0. The van der Waals surface area contributed by atoms with Gasteiger partial charge in [0.05, 0.1) is 0 Å². The van der Waals surface area contributed by atoms with Crippen LogP contribution in [0.4, 0.5) is 0 Å². The quantitative estimate of drug-likeness (QED) is 0.560. The molecule has 0 N–H and O–H groups in total. The van der Waals surface area contributed by atoms with Crippen LogP contribution in [0.1, 0.15) is 51.4 Å². The monoisotopic (exact) mass is 407 g/mol.